The maximum Gasteiger partial charge on any atom is 0.254 e. The number of benzene rings is 1. The molecule has 0 aromatic heterocycles. The van der Waals surface area contributed by atoms with Crippen LogP contribution in [0.5, 0.6) is 0 Å². The number of hydrogen-bond acceptors (Lipinski definition) is 2. The monoisotopic (exact) mass is 278 g/mol. The minimum atomic E-state index is -0.717. The number of carbonyl (C=O) groups excluding carboxylic acids is 1. The molecule has 3 nitrogen and oxygen atoms in total. The third-order valence-corrected chi connectivity index (χ3v) is 2.19. The van der Waals surface area contributed by atoms with Gasteiger partial charge in [-0.1, -0.05) is 6.92 Å². The molecular weight excluding hydrogens is 262 g/mol. The molecule has 0 saturated carbocycles. The first-order valence-electron chi connectivity index (χ1n) is 5.59. The first kappa shape index (κ1) is 16.8. The summed E-state index contributed by atoms with van der Waals surface area (Å²) < 4.78 is 26.0. The summed E-state index contributed by atoms with van der Waals surface area (Å²) in [6, 6.07) is 2.82. The first-order chi connectivity index (χ1) is 8.15. The van der Waals surface area contributed by atoms with Gasteiger partial charge in [0.2, 0.25) is 0 Å². The lowest BCUT2D eigenvalue weighted by atomic mass is 10.2. The van der Waals surface area contributed by atoms with Crippen LogP contribution in [0, 0.1) is 11.6 Å². The molecule has 1 rings (SSSR count). The average Bonchev–Trinajstić information content (AvgIpc) is 2.32. The van der Waals surface area contributed by atoms with E-state index in [0.717, 1.165) is 31.2 Å². The highest BCUT2D eigenvalue weighted by atomic mass is 35.5. The smallest absolute Gasteiger partial charge is 0.254 e. The van der Waals surface area contributed by atoms with E-state index in [-0.39, 0.29) is 18.0 Å². The van der Waals surface area contributed by atoms with Gasteiger partial charge < -0.3 is 10.6 Å². The maximum absolute atomic E-state index is 13.2. The lowest BCUT2D eigenvalue weighted by Crippen LogP contribution is -2.32. The third-order valence-electron chi connectivity index (χ3n) is 2.19. The summed E-state index contributed by atoms with van der Waals surface area (Å²) in [4.78, 5) is 11.5. The van der Waals surface area contributed by atoms with Crippen LogP contribution < -0.4 is 10.6 Å². The number of nitrogens with one attached hydrogen (secondary N) is 2. The van der Waals surface area contributed by atoms with Crippen molar-refractivity contribution in [3.8, 4) is 0 Å². The van der Waals surface area contributed by atoms with Gasteiger partial charge in [-0.05, 0) is 31.2 Å². The van der Waals surface area contributed by atoms with Crippen LogP contribution >= 0.6 is 12.4 Å². The van der Waals surface area contributed by atoms with Crippen LogP contribution in [0.15, 0.2) is 18.2 Å². The molecule has 6 heteroatoms. The van der Waals surface area contributed by atoms with Crippen LogP contribution in [0.1, 0.15) is 23.7 Å². The lowest BCUT2D eigenvalue weighted by Gasteiger charge is -2.06. The molecule has 0 spiro atoms. The summed E-state index contributed by atoms with van der Waals surface area (Å²) in [5, 5.41) is 5.60. The largest absolute Gasteiger partial charge is 0.351 e. The van der Waals surface area contributed by atoms with Crippen molar-refractivity contribution in [2.75, 3.05) is 19.6 Å². The first-order valence-corrected chi connectivity index (χ1v) is 5.59. The van der Waals surface area contributed by atoms with Crippen LogP contribution in [-0.4, -0.2) is 25.5 Å². The topological polar surface area (TPSA) is 41.1 Å². The summed E-state index contributed by atoms with van der Waals surface area (Å²) in [6.45, 7) is 3.89. The Kier molecular flexibility index (Phi) is 8.24. The highest BCUT2D eigenvalue weighted by molar-refractivity contribution is 5.94. The summed E-state index contributed by atoms with van der Waals surface area (Å²) >= 11 is 0. The maximum atomic E-state index is 13.2. The fourth-order valence-electron chi connectivity index (χ4n) is 1.33. The molecule has 2 N–H and O–H groups in total. The summed E-state index contributed by atoms with van der Waals surface area (Å²) in [5.41, 5.74) is -0.263. The minimum Gasteiger partial charge on any atom is -0.351 e. The molecule has 18 heavy (non-hydrogen) atoms. The number of amides is 1. The van der Waals surface area contributed by atoms with Crippen LogP contribution in [0.2, 0.25) is 0 Å². The Labute approximate surface area is 111 Å². The van der Waals surface area contributed by atoms with Crippen LogP contribution in [0.3, 0.4) is 0 Å². The Morgan fingerprint density at radius 3 is 2.61 bits per heavy atom. The fraction of sp³-hybridized carbons (Fsp3) is 0.417. The van der Waals surface area contributed by atoms with Gasteiger partial charge in [0.15, 0.2) is 0 Å². The van der Waals surface area contributed by atoms with Gasteiger partial charge in [-0.15, -0.1) is 12.4 Å². The lowest BCUT2D eigenvalue weighted by molar-refractivity contribution is 0.0949. The van der Waals surface area contributed by atoms with Crippen molar-refractivity contribution < 1.29 is 13.6 Å². The molecule has 0 atom stereocenters. The van der Waals surface area contributed by atoms with Gasteiger partial charge >= 0.3 is 0 Å². The van der Waals surface area contributed by atoms with E-state index in [1.165, 1.54) is 0 Å². The highest BCUT2D eigenvalue weighted by Gasteiger charge is 2.11. The van der Waals surface area contributed by atoms with E-state index in [4.69, 9.17) is 0 Å². The SMILES string of the molecule is CCCNCCNC(=O)c1cc(F)ccc1F.Cl. The summed E-state index contributed by atoms with van der Waals surface area (Å²) in [5.74, 6) is -1.94. The van der Waals surface area contributed by atoms with Gasteiger partial charge in [-0.3, -0.25) is 4.79 Å². The average molecular weight is 279 g/mol. The van der Waals surface area contributed by atoms with Gasteiger partial charge in [-0.2, -0.15) is 0 Å². The predicted octanol–water partition coefficient (Wildman–Crippen LogP) is 2.12. The van der Waals surface area contributed by atoms with Gasteiger partial charge in [0.05, 0.1) is 5.56 Å². The third kappa shape index (κ3) is 5.42. The van der Waals surface area contributed by atoms with E-state index in [9.17, 15) is 13.6 Å². The van der Waals surface area contributed by atoms with E-state index >= 15 is 0 Å². The second kappa shape index (κ2) is 8.83. The normalized spacial score (nSPS) is 9.72. The van der Waals surface area contributed by atoms with Crippen molar-refractivity contribution in [1.82, 2.24) is 10.6 Å². The Hall–Kier alpha value is -1.20. The summed E-state index contributed by atoms with van der Waals surface area (Å²) in [7, 11) is 0. The Morgan fingerprint density at radius 1 is 1.22 bits per heavy atom. The zero-order valence-corrected chi connectivity index (χ0v) is 10.9. The molecule has 0 heterocycles. The molecule has 102 valence electrons. The molecule has 0 bridgehead atoms. The molecule has 0 saturated heterocycles. The molecule has 0 fully saturated rings. The van der Waals surface area contributed by atoms with Gasteiger partial charge in [0.25, 0.3) is 5.91 Å². The Bertz CT molecular complexity index is 388. The Morgan fingerprint density at radius 2 is 1.94 bits per heavy atom. The highest BCUT2D eigenvalue weighted by Crippen LogP contribution is 2.09. The second-order valence-corrected chi connectivity index (χ2v) is 3.63. The van der Waals surface area contributed by atoms with Crippen LogP contribution in [0.25, 0.3) is 0 Å². The fourth-order valence-corrected chi connectivity index (χ4v) is 1.33. The standard InChI is InChI=1S/C12H16F2N2O.ClH/c1-2-5-15-6-7-16-12(17)10-8-9(13)3-4-11(10)14;/h3-4,8,15H,2,5-7H2,1H3,(H,16,17);1H. The van der Waals surface area contributed by atoms with Crippen molar-refractivity contribution >= 4 is 18.3 Å². The van der Waals surface area contributed by atoms with Crippen LogP contribution in [-0.2, 0) is 0 Å². The molecule has 0 aliphatic carbocycles. The van der Waals surface area contributed by atoms with Crippen molar-refractivity contribution in [1.29, 1.82) is 0 Å². The van der Waals surface area contributed by atoms with Crippen molar-refractivity contribution in [3.63, 3.8) is 0 Å². The Balaban J connectivity index is 0.00000289. The summed E-state index contributed by atoms with van der Waals surface area (Å²) in [6.07, 6.45) is 1.01. The van der Waals surface area contributed by atoms with E-state index in [2.05, 4.69) is 10.6 Å². The number of carbonyl (C=O) groups is 1. The predicted molar refractivity (Wildman–Crippen MR) is 69.1 cm³/mol. The van der Waals surface area contributed by atoms with Crippen molar-refractivity contribution in [3.05, 3.63) is 35.4 Å². The zero-order valence-electron chi connectivity index (χ0n) is 10.1. The number of rotatable bonds is 6. The van der Waals surface area contributed by atoms with Gasteiger partial charge in [-0.25, -0.2) is 8.78 Å². The van der Waals surface area contributed by atoms with E-state index in [1.807, 2.05) is 6.92 Å². The number of halogens is 3. The molecular formula is C12H17ClF2N2O. The van der Waals surface area contributed by atoms with Crippen molar-refractivity contribution in [2.24, 2.45) is 0 Å². The molecule has 0 unspecified atom stereocenters. The molecule has 1 aromatic rings. The number of hydrogen-bond donors (Lipinski definition) is 2. The zero-order chi connectivity index (χ0) is 12.7. The van der Waals surface area contributed by atoms with Crippen molar-refractivity contribution in [2.45, 2.75) is 13.3 Å². The molecule has 1 aromatic carbocycles. The molecule has 0 aliphatic heterocycles. The van der Waals surface area contributed by atoms with Crippen LogP contribution in [0.4, 0.5) is 8.78 Å². The minimum absolute atomic E-state index is 0. The quantitative estimate of drug-likeness (QED) is 0.783. The van der Waals surface area contributed by atoms with E-state index in [0.29, 0.717) is 13.1 Å². The van der Waals surface area contributed by atoms with Gasteiger partial charge in [0.1, 0.15) is 11.6 Å². The molecule has 0 aliphatic rings. The second-order valence-electron chi connectivity index (χ2n) is 3.63. The van der Waals surface area contributed by atoms with Gasteiger partial charge in [0, 0.05) is 13.1 Å². The molecule has 0 radical (unpaired) electrons. The molecule has 1 amide bonds. The van der Waals surface area contributed by atoms with E-state index < -0.39 is 17.5 Å². The van der Waals surface area contributed by atoms with E-state index in [1.54, 1.807) is 0 Å².